The number of benzene rings is 6. The van der Waals surface area contributed by atoms with Gasteiger partial charge in [0.2, 0.25) is 0 Å². The van der Waals surface area contributed by atoms with Crippen LogP contribution in [-0.4, -0.2) is 8.80 Å². The van der Waals surface area contributed by atoms with Gasteiger partial charge in [-0.05, 0) is 68.8 Å². The summed E-state index contributed by atoms with van der Waals surface area (Å²) >= 11 is 0. The molecular formula is C38H22N2. The summed E-state index contributed by atoms with van der Waals surface area (Å²) in [5, 5.41) is 3.96. The highest BCUT2D eigenvalue weighted by Crippen LogP contribution is 2.50. The number of hydrogen-bond acceptors (Lipinski definition) is 0. The van der Waals surface area contributed by atoms with Crippen molar-refractivity contribution in [2.75, 3.05) is 0 Å². The monoisotopic (exact) mass is 506 g/mol. The van der Waals surface area contributed by atoms with E-state index in [1.54, 1.807) is 0 Å². The molecule has 2 heteroatoms. The lowest BCUT2D eigenvalue weighted by atomic mass is 9.81. The van der Waals surface area contributed by atoms with Crippen LogP contribution in [0.25, 0.3) is 88.4 Å². The van der Waals surface area contributed by atoms with E-state index in [1.165, 1.54) is 88.4 Å². The minimum Gasteiger partial charge on any atom is -0.293 e. The molecule has 6 aromatic carbocycles. The Kier molecular flexibility index (Phi) is 3.70. The number of rotatable bonds is 0. The van der Waals surface area contributed by atoms with Gasteiger partial charge in [-0.15, -0.1) is 0 Å². The molecule has 40 heavy (non-hydrogen) atoms. The average Bonchev–Trinajstić information content (AvgIpc) is 3.64. The minimum absolute atomic E-state index is 1.24. The predicted molar refractivity (Wildman–Crippen MR) is 167 cm³/mol. The average molecular weight is 507 g/mol. The second kappa shape index (κ2) is 7.19. The van der Waals surface area contributed by atoms with Gasteiger partial charge in [-0.3, -0.25) is 8.80 Å². The fraction of sp³-hybridized carbons (Fsp3) is 0. The lowest BCUT2D eigenvalue weighted by molar-refractivity contribution is 1.28. The van der Waals surface area contributed by atoms with Gasteiger partial charge in [0.05, 0.1) is 22.1 Å². The number of imidazole rings is 1. The van der Waals surface area contributed by atoms with E-state index in [-0.39, 0.29) is 0 Å². The smallest absolute Gasteiger partial charge is 0.131 e. The van der Waals surface area contributed by atoms with Gasteiger partial charge in [0.1, 0.15) is 5.65 Å². The zero-order valence-electron chi connectivity index (χ0n) is 21.6. The Morgan fingerprint density at radius 2 is 0.625 bits per heavy atom. The summed E-state index contributed by atoms with van der Waals surface area (Å²) in [6, 6.07) is 49.3. The van der Waals surface area contributed by atoms with Crippen molar-refractivity contribution in [2.24, 2.45) is 0 Å². The molecule has 2 nitrogen and oxygen atoms in total. The first-order valence-electron chi connectivity index (χ1n) is 13.9. The number of fused-ring (bicyclic) bond motifs is 17. The molecule has 1 aliphatic rings. The first-order chi connectivity index (χ1) is 19.9. The molecule has 1 aliphatic carbocycles. The van der Waals surface area contributed by atoms with E-state index < -0.39 is 0 Å². The Balaban J connectivity index is 1.48. The van der Waals surface area contributed by atoms with Crippen molar-refractivity contribution in [3.63, 3.8) is 0 Å². The molecular weight excluding hydrogens is 484 g/mol. The number of para-hydroxylation sites is 2. The van der Waals surface area contributed by atoms with Crippen molar-refractivity contribution >= 4 is 43.9 Å². The molecule has 0 saturated carbocycles. The fourth-order valence-electron chi connectivity index (χ4n) is 7.42. The number of hydrogen-bond donors (Lipinski definition) is 0. The fourth-order valence-corrected chi connectivity index (χ4v) is 7.42. The normalized spacial score (nSPS) is 12.5. The lowest BCUT2D eigenvalue weighted by Crippen LogP contribution is -1.97. The zero-order valence-corrected chi connectivity index (χ0v) is 21.6. The van der Waals surface area contributed by atoms with Crippen LogP contribution in [0.15, 0.2) is 133 Å². The molecule has 3 aromatic heterocycles. The highest BCUT2D eigenvalue weighted by Gasteiger charge is 2.26. The Morgan fingerprint density at radius 3 is 1.02 bits per heavy atom. The zero-order chi connectivity index (χ0) is 25.9. The van der Waals surface area contributed by atoms with E-state index >= 15 is 0 Å². The predicted octanol–water partition coefficient (Wildman–Crippen LogP) is 10.1. The van der Waals surface area contributed by atoms with Crippen molar-refractivity contribution in [3.05, 3.63) is 133 Å². The largest absolute Gasteiger partial charge is 0.293 e. The van der Waals surface area contributed by atoms with Gasteiger partial charge in [0, 0.05) is 16.2 Å². The standard InChI is InChI=1S/C38H22N2/c1-2-12-24-23(11-1)25-13-3-5-15-27(25)31-21-35-36(22-32(31)28-16-6-4-14-26(24)28)40-34-20-10-8-18-30(34)37-29-17-7-9-19-33(29)39(35)38(37)40/h1-22H. The highest BCUT2D eigenvalue weighted by atomic mass is 15.1. The van der Waals surface area contributed by atoms with Gasteiger partial charge in [0.25, 0.3) is 0 Å². The van der Waals surface area contributed by atoms with Crippen molar-refractivity contribution in [3.8, 4) is 44.5 Å². The van der Waals surface area contributed by atoms with E-state index in [1.807, 2.05) is 0 Å². The van der Waals surface area contributed by atoms with Gasteiger partial charge in [-0.2, -0.15) is 0 Å². The topological polar surface area (TPSA) is 8.82 Å². The molecule has 0 unspecified atom stereocenters. The summed E-state index contributed by atoms with van der Waals surface area (Å²) in [4.78, 5) is 0. The van der Waals surface area contributed by atoms with Crippen molar-refractivity contribution in [1.29, 1.82) is 0 Å². The van der Waals surface area contributed by atoms with Gasteiger partial charge < -0.3 is 0 Å². The van der Waals surface area contributed by atoms with Gasteiger partial charge in [0.15, 0.2) is 0 Å². The third-order valence-electron chi connectivity index (χ3n) is 9.01. The minimum atomic E-state index is 1.24. The Labute approximate surface area is 230 Å². The van der Waals surface area contributed by atoms with Crippen molar-refractivity contribution in [2.45, 2.75) is 0 Å². The summed E-state index contributed by atoms with van der Waals surface area (Å²) in [6.07, 6.45) is 0. The van der Waals surface area contributed by atoms with Gasteiger partial charge in [-0.25, -0.2) is 0 Å². The van der Waals surface area contributed by atoms with Crippen LogP contribution in [0, 0.1) is 0 Å². The molecule has 0 N–H and O–H groups in total. The van der Waals surface area contributed by atoms with Crippen molar-refractivity contribution < 1.29 is 0 Å². The third-order valence-corrected chi connectivity index (χ3v) is 9.01. The molecule has 0 aliphatic heterocycles. The molecule has 0 radical (unpaired) electrons. The molecule has 0 fully saturated rings. The van der Waals surface area contributed by atoms with Crippen molar-refractivity contribution in [1.82, 2.24) is 8.80 Å². The Hall–Kier alpha value is -5.34. The second-order valence-corrected chi connectivity index (χ2v) is 10.9. The summed E-state index contributed by atoms with van der Waals surface area (Å²) in [6.45, 7) is 0. The maximum Gasteiger partial charge on any atom is 0.131 e. The summed E-state index contributed by atoms with van der Waals surface area (Å²) in [5.41, 5.74) is 16.5. The quantitative estimate of drug-likeness (QED) is 0.193. The molecule has 0 atom stereocenters. The molecule has 0 spiro atoms. The lowest BCUT2D eigenvalue weighted by Gasteiger charge is -2.23. The first-order valence-corrected chi connectivity index (χ1v) is 13.9. The van der Waals surface area contributed by atoms with Crippen LogP contribution in [0.3, 0.4) is 0 Å². The van der Waals surface area contributed by atoms with Crippen LogP contribution in [0.4, 0.5) is 0 Å². The van der Waals surface area contributed by atoms with E-state index in [0.29, 0.717) is 0 Å². The Morgan fingerprint density at radius 1 is 0.300 bits per heavy atom. The number of nitrogens with zero attached hydrogens (tertiary/aromatic N) is 2. The van der Waals surface area contributed by atoms with Crippen LogP contribution in [0.5, 0.6) is 0 Å². The van der Waals surface area contributed by atoms with Gasteiger partial charge >= 0.3 is 0 Å². The van der Waals surface area contributed by atoms with Crippen LogP contribution in [0.2, 0.25) is 0 Å². The molecule has 3 heterocycles. The van der Waals surface area contributed by atoms with E-state index in [4.69, 9.17) is 0 Å². The molecule has 0 saturated heterocycles. The van der Waals surface area contributed by atoms with E-state index in [9.17, 15) is 0 Å². The molecule has 0 amide bonds. The SMILES string of the molecule is c1ccc2c(c1)-c1ccccc1-c1cc3c(cc1-c1ccccc1-2)n1c2ccccc2c2c4ccccc4n3c21. The maximum absolute atomic E-state index is 2.49. The van der Waals surface area contributed by atoms with Gasteiger partial charge in [-0.1, -0.05) is 109 Å². The molecule has 10 rings (SSSR count). The van der Waals surface area contributed by atoms with Crippen LogP contribution < -0.4 is 0 Å². The van der Waals surface area contributed by atoms with Crippen LogP contribution in [0.1, 0.15) is 0 Å². The first kappa shape index (κ1) is 20.6. The number of aromatic nitrogens is 2. The highest BCUT2D eigenvalue weighted by molar-refractivity contribution is 6.24. The van der Waals surface area contributed by atoms with Crippen LogP contribution >= 0.6 is 0 Å². The molecule has 184 valence electrons. The summed E-state index contributed by atoms with van der Waals surface area (Å²) in [7, 11) is 0. The molecule has 0 bridgehead atoms. The Bertz CT molecular complexity index is 2320. The van der Waals surface area contributed by atoms with Crippen LogP contribution in [-0.2, 0) is 0 Å². The van der Waals surface area contributed by atoms with E-state index in [2.05, 4.69) is 142 Å². The maximum atomic E-state index is 2.49. The summed E-state index contributed by atoms with van der Waals surface area (Å²) < 4.78 is 4.98. The third kappa shape index (κ3) is 2.36. The summed E-state index contributed by atoms with van der Waals surface area (Å²) in [5.74, 6) is 0. The second-order valence-electron chi connectivity index (χ2n) is 10.9. The molecule has 9 aromatic rings. The van der Waals surface area contributed by atoms with E-state index in [0.717, 1.165) is 0 Å².